The summed E-state index contributed by atoms with van der Waals surface area (Å²) in [6, 6.07) is 16.1. The summed E-state index contributed by atoms with van der Waals surface area (Å²) in [6.07, 6.45) is 1.38. The summed E-state index contributed by atoms with van der Waals surface area (Å²) < 4.78 is 5.49. The van der Waals surface area contributed by atoms with Crippen LogP contribution in [0.5, 0.6) is 5.75 Å². The van der Waals surface area contributed by atoms with Gasteiger partial charge in [0.1, 0.15) is 5.75 Å². The fourth-order valence-electron chi connectivity index (χ4n) is 2.64. The summed E-state index contributed by atoms with van der Waals surface area (Å²) in [5.41, 5.74) is 3.17. The monoisotopic (exact) mass is 340 g/mol. The number of carbonyl (C=O) groups excluding carboxylic acids is 1. The van der Waals surface area contributed by atoms with Crippen molar-refractivity contribution in [1.29, 1.82) is 0 Å². The zero-order chi connectivity index (χ0) is 18.2. The molecule has 0 aliphatic carbocycles. The van der Waals surface area contributed by atoms with Crippen molar-refractivity contribution in [3.05, 3.63) is 54.1 Å². The third kappa shape index (κ3) is 5.24. The molecule has 0 heterocycles. The number of anilines is 2. The third-order valence-corrected chi connectivity index (χ3v) is 4.02. The highest BCUT2D eigenvalue weighted by Crippen LogP contribution is 2.23. The van der Waals surface area contributed by atoms with E-state index in [0.29, 0.717) is 19.6 Å². The number of carbonyl (C=O) groups is 1. The minimum atomic E-state index is 0.142. The maximum atomic E-state index is 12.6. The van der Waals surface area contributed by atoms with Crippen molar-refractivity contribution in [2.75, 3.05) is 30.5 Å². The van der Waals surface area contributed by atoms with Crippen LogP contribution in [0.25, 0.3) is 0 Å². The van der Waals surface area contributed by atoms with Gasteiger partial charge in [-0.05, 0) is 55.3 Å². The van der Waals surface area contributed by atoms with Crippen molar-refractivity contribution in [2.24, 2.45) is 0 Å². The quantitative estimate of drug-likeness (QED) is 0.710. The third-order valence-electron chi connectivity index (χ3n) is 4.02. The number of hydrogen-bond donors (Lipinski definition) is 0. The number of nitrogens with zero attached hydrogens (tertiary/aromatic N) is 2. The van der Waals surface area contributed by atoms with Crippen LogP contribution in [0.2, 0.25) is 0 Å². The number of benzene rings is 2. The van der Waals surface area contributed by atoms with Gasteiger partial charge in [-0.3, -0.25) is 4.79 Å². The molecule has 0 bridgehead atoms. The van der Waals surface area contributed by atoms with Gasteiger partial charge >= 0.3 is 0 Å². The highest BCUT2D eigenvalue weighted by atomic mass is 16.5. The largest absolute Gasteiger partial charge is 0.494 e. The van der Waals surface area contributed by atoms with E-state index in [4.69, 9.17) is 4.74 Å². The number of hydrogen-bond acceptors (Lipinski definition) is 3. The Labute approximate surface area is 151 Å². The van der Waals surface area contributed by atoms with Crippen molar-refractivity contribution in [3.8, 4) is 5.75 Å². The van der Waals surface area contributed by atoms with E-state index in [1.54, 1.807) is 0 Å². The van der Waals surface area contributed by atoms with Crippen molar-refractivity contribution < 1.29 is 9.53 Å². The maximum Gasteiger partial charge on any atom is 0.227 e. The van der Waals surface area contributed by atoms with E-state index in [-0.39, 0.29) is 5.91 Å². The van der Waals surface area contributed by atoms with Crippen LogP contribution in [0.4, 0.5) is 11.4 Å². The van der Waals surface area contributed by atoms with E-state index in [2.05, 4.69) is 29.2 Å². The van der Waals surface area contributed by atoms with Crippen LogP contribution in [-0.2, 0) is 11.3 Å². The molecule has 0 saturated carbocycles. The Hall–Kier alpha value is -2.49. The average Bonchev–Trinajstić information content (AvgIpc) is 2.61. The molecule has 2 aromatic rings. The van der Waals surface area contributed by atoms with Gasteiger partial charge in [0, 0.05) is 31.9 Å². The highest BCUT2D eigenvalue weighted by Gasteiger charge is 2.15. The molecule has 2 rings (SSSR count). The Balaban J connectivity index is 2.21. The van der Waals surface area contributed by atoms with Gasteiger partial charge in [-0.1, -0.05) is 19.1 Å². The van der Waals surface area contributed by atoms with Crippen LogP contribution < -0.4 is 14.5 Å². The summed E-state index contributed by atoms with van der Waals surface area (Å²) in [5, 5.41) is 0. The van der Waals surface area contributed by atoms with Crippen LogP contribution in [0, 0.1) is 0 Å². The van der Waals surface area contributed by atoms with Gasteiger partial charge < -0.3 is 14.5 Å². The SMILES string of the molecule is CCCC(=O)N(Cc1ccc(N(C)C)cc1)c1ccc(OCC)cc1. The zero-order valence-electron chi connectivity index (χ0n) is 15.7. The van der Waals surface area contributed by atoms with Crippen molar-refractivity contribution in [3.63, 3.8) is 0 Å². The molecule has 0 saturated heterocycles. The first-order valence-electron chi connectivity index (χ1n) is 8.84. The molecule has 0 unspecified atom stereocenters. The van der Waals surface area contributed by atoms with Crippen molar-refractivity contribution >= 4 is 17.3 Å². The maximum absolute atomic E-state index is 12.6. The van der Waals surface area contributed by atoms with Gasteiger partial charge in [-0.15, -0.1) is 0 Å². The Morgan fingerprint density at radius 3 is 2.04 bits per heavy atom. The first-order chi connectivity index (χ1) is 12.0. The molecular formula is C21H28N2O2. The second-order valence-electron chi connectivity index (χ2n) is 6.22. The lowest BCUT2D eigenvalue weighted by Gasteiger charge is -2.24. The van der Waals surface area contributed by atoms with Gasteiger partial charge in [0.05, 0.1) is 13.2 Å². The summed E-state index contributed by atoms with van der Waals surface area (Å²) in [4.78, 5) is 16.5. The molecule has 0 N–H and O–H groups in total. The van der Waals surface area contributed by atoms with Crippen molar-refractivity contribution in [2.45, 2.75) is 33.2 Å². The molecular weight excluding hydrogens is 312 g/mol. The van der Waals surface area contributed by atoms with Crippen LogP contribution in [0.1, 0.15) is 32.3 Å². The Kier molecular flexibility index (Phi) is 6.87. The number of amides is 1. The molecule has 4 nitrogen and oxygen atoms in total. The average molecular weight is 340 g/mol. The number of rotatable bonds is 8. The lowest BCUT2D eigenvalue weighted by molar-refractivity contribution is -0.118. The van der Waals surface area contributed by atoms with E-state index < -0.39 is 0 Å². The zero-order valence-corrected chi connectivity index (χ0v) is 15.7. The second kappa shape index (κ2) is 9.11. The van der Waals surface area contributed by atoms with Gasteiger partial charge in [-0.25, -0.2) is 0 Å². The van der Waals surface area contributed by atoms with Crippen LogP contribution in [0.3, 0.4) is 0 Å². The molecule has 0 fully saturated rings. The van der Waals surface area contributed by atoms with E-state index in [1.165, 1.54) is 0 Å². The van der Waals surface area contributed by atoms with Crippen LogP contribution in [-0.4, -0.2) is 26.6 Å². The van der Waals surface area contributed by atoms with E-state index >= 15 is 0 Å². The molecule has 0 aliphatic rings. The smallest absolute Gasteiger partial charge is 0.227 e. The summed E-state index contributed by atoms with van der Waals surface area (Å²) >= 11 is 0. The van der Waals surface area contributed by atoms with E-state index in [1.807, 2.05) is 57.1 Å². The van der Waals surface area contributed by atoms with Gasteiger partial charge in [-0.2, -0.15) is 0 Å². The van der Waals surface area contributed by atoms with Crippen molar-refractivity contribution in [1.82, 2.24) is 0 Å². The van der Waals surface area contributed by atoms with Gasteiger partial charge in [0.15, 0.2) is 0 Å². The molecule has 0 spiro atoms. The van der Waals surface area contributed by atoms with Crippen LogP contribution >= 0.6 is 0 Å². The standard InChI is InChI=1S/C21H28N2O2/c1-5-7-21(24)23(19-12-14-20(15-13-19)25-6-2)16-17-8-10-18(11-9-17)22(3)4/h8-15H,5-7,16H2,1-4H3. The predicted molar refractivity (Wildman–Crippen MR) is 104 cm³/mol. The lowest BCUT2D eigenvalue weighted by Crippen LogP contribution is -2.30. The fraction of sp³-hybridized carbons (Fsp3) is 0.381. The molecule has 0 aromatic heterocycles. The van der Waals surface area contributed by atoms with E-state index in [9.17, 15) is 4.79 Å². The summed E-state index contributed by atoms with van der Waals surface area (Å²) in [6.45, 7) is 5.19. The lowest BCUT2D eigenvalue weighted by atomic mass is 10.1. The van der Waals surface area contributed by atoms with Gasteiger partial charge in [0.2, 0.25) is 5.91 Å². The Morgan fingerprint density at radius 2 is 1.52 bits per heavy atom. The molecule has 0 radical (unpaired) electrons. The van der Waals surface area contributed by atoms with Crippen LogP contribution in [0.15, 0.2) is 48.5 Å². The first-order valence-corrected chi connectivity index (χ1v) is 8.84. The topological polar surface area (TPSA) is 32.8 Å². The number of ether oxygens (including phenoxy) is 1. The molecule has 25 heavy (non-hydrogen) atoms. The first kappa shape index (κ1) is 18.8. The minimum Gasteiger partial charge on any atom is -0.494 e. The van der Waals surface area contributed by atoms with Gasteiger partial charge in [0.25, 0.3) is 0 Å². The molecule has 0 atom stereocenters. The normalized spacial score (nSPS) is 10.4. The summed E-state index contributed by atoms with van der Waals surface area (Å²) in [5.74, 6) is 0.966. The fourth-order valence-corrected chi connectivity index (χ4v) is 2.64. The molecule has 134 valence electrons. The molecule has 4 heteroatoms. The minimum absolute atomic E-state index is 0.142. The predicted octanol–water partition coefficient (Wildman–Crippen LogP) is 4.48. The highest BCUT2D eigenvalue weighted by molar-refractivity contribution is 5.93. The second-order valence-corrected chi connectivity index (χ2v) is 6.22. The molecule has 1 amide bonds. The molecule has 2 aromatic carbocycles. The van der Waals surface area contributed by atoms with E-state index in [0.717, 1.165) is 29.1 Å². The molecule has 0 aliphatic heterocycles. The Bertz CT molecular complexity index is 663. The summed E-state index contributed by atoms with van der Waals surface area (Å²) in [7, 11) is 4.04. The Morgan fingerprint density at radius 1 is 0.920 bits per heavy atom.